The molecule has 0 N–H and O–H groups in total. The van der Waals surface area contributed by atoms with E-state index in [1.165, 1.54) is 0 Å². The molecule has 5 rings (SSSR count). The highest BCUT2D eigenvalue weighted by Crippen LogP contribution is 2.43. The number of azo groups is 1. The SMILES string of the molecule is COc1ccc([C@H]2N=NC(C3C(=O)c4ccccc4C3=O)=C[C@@H]2c2ccccc2)cc1. The van der Waals surface area contributed by atoms with Crippen molar-refractivity contribution >= 4 is 11.6 Å². The largest absolute Gasteiger partial charge is 0.497 e. The maximum absolute atomic E-state index is 13.0. The van der Waals surface area contributed by atoms with Crippen LogP contribution in [0.15, 0.2) is 101 Å². The van der Waals surface area contributed by atoms with Crippen molar-refractivity contribution in [3.8, 4) is 5.75 Å². The summed E-state index contributed by atoms with van der Waals surface area (Å²) in [6.45, 7) is 0. The molecule has 5 nitrogen and oxygen atoms in total. The van der Waals surface area contributed by atoms with Gasteiger partial charge in [0.1, 0.15) is 17.7 Å². The summed E-state index contributed by atoms with van der Waals surface area (Å²) in [4.78, 5) is 26.0. The molecule has 152 valence electrons. The number of nitrogens with zero attached hydrogens (tertiary/aromatic N) is 2. The summed E-state index contributed by atoms with van der Waals surface area (Å²) in [6, 6.07) is 24.4. The van der Waals surface area contributed by atoms with Crippen LogP contribution in [0.5, 0.6) is 5.75 Å². The molecule has 0 saturated carbocycles. The van der Waals surface area contributed by atoms with Crippen LogP contribution in [-0.4, -0.2) is 18.7 Å². The number of rotatable bonds is 4. The van der Waals surface area contributed by atoms with Gasteiger partial charge in [-0.2, -0.15) is 10.2 Å². The lowest BCUT2D eigenvalue weighted by Crippen LogP contribution is -2.21. The van der Waals surface area contributed by atoms with E-state index in [0.29, 0.717) is 16.8 Å². The van der Waals surface area contributed by atoms with Gasteiger partial charge < -0.3 is 4.74 Å². The van der Waals surface area contributed by atoms with Gasteiger partial charge in [0, 0.05) is 17.0 Å². The molecule has 3 aromatic rings. The van der Waals surface area contributed by atoms with Gasteiger partial charge in [0.15, 0.2) is 11.6 Å². The van der Waals surface area contributed by atoms with Crippen molar-refractivity contribution in [2.45, 2.75) is 12.0 Å². The fraction of sp³-hybridized carbons (Fsp3) is 0.154. The first kappa shape index (κ1) is 19.1. The van der Waals surface area contributed by atoms with Crippen LogP contribution >= 0.6 is 0 Å². The van der Waals surface area contributed by atoms with Crippen LogP contribution in [0, 0.1) is 5.92 Å². The molecule has 31 heavy (non-hydrogen) atoms. The molecule has 0 bridgehead atoms. The molecule has 0 saturated heterocycles. The summed E-state index contributed by atoms with van der Waals surface area (Å²) in [5, 5.41) is 8.97. The van der Waals surface area contributed by atoms with Crippen LogP contribution in [0.1, 0.15) is 43.8 Å². The van der Waals surface area contributed by atoms with E-state index in [9.17, 15) is 9.59 Å². The highest BCUT2D eigenvalue weighted by atomic mass is 16.5. The molecule has 1 heterocycles. The van der Waals surface area contributed by atoms with Gasteiger partial charge in [-0.05, 0) is 29.3 Å². The minimum absolute atomic E-state index is 0.147. The van der Waals surface area contributed by atoms with Gasteiger partial charge in [-0.3, -0.25) is 9.59 Å². The minimum atomic E-state index is -0.927. The molecule has 0 aromatic heterocycles. The van der Waals surface area contributed by atoms with E-state index in [2.05, 4.69) is 10.2 Å². The third-order valence-electron chi connectivity index (χ3n) is 5.91. The third kappa shape index (κ3) is 3.28. The number of Topliss-reactive ketones (excluding diaryl/α,β-unsaturated/α-hetero) is 2. The number of carbonyl (C=O) groups is 2. The molecule has 1 aliphatic carbocycles. The van der Waals surface area contributed by atoms with Crippen LogP contribution < -0.4 is 4.74 Å². The first-order chi connectivity index (χ1) is 15.2. The molecule has 5 heteroatoms. The Bertz CT molecular complexity index is 1180. The van der Waals surface area contributed by atoms with Crippen molar-refractivity contribution < 1.29 is 14.3 Å². The molecule has 2 aliphatic rings. The van der Waals surface area contributed by atoms with Gasteiger partial charge in [-0.25, -0.2) is 0 Å². The van der Waals surface area contributed by atoms with Gasteiger partial charge in [0.2, 0.25) is 0 Å². The topological polar surface area (TPSA) is 68.1 Å². The number of allylic oxidation sites excluding steroid dienone is 1. The first-order valence-electron chi connectivity index (χ1n) is 10.2. The van der Waals surface area contributed by atoms with Crippen LogP contribution in [0.4, 0.5) is 0 Å². The first-order valence-corrected chi connectivity index (χ1v) is 10.2. The zero-order valence-corrected chi connectivity index (χ0v) is 16.9. The number of hydrogen-bond donors (Lipinski definition) is 0. The quantitative estimate of drug-likeness (QED) is 0.530. The Hall–Kier alpha value is -3.86. The Morgan fingerprint density at radius 1 is 0.742 bits per heavy atom. The number of benzene rings is 3. The molecule has 0 spiro atoms. The van der Waals surface area contributed by atoms with E-state index in [4.69, 9.17) is 4.74 Å². The highest BCUT2D eigenvalue weighted by molar-refractivity contribution is 6.28. The summed E-state index contributed by atoms with van der Waals surface area (Å²) < 4.78 is 5.27. The fourth-order valence-corrected chi connectivity index (χ4v) is 4.30. The van der Waals surface area contributed by atoms with E-state index in [1.807, 2.05) is 60.7 Å². The summed E-state index contributed by atoms with van der Waals surface area (Å²) >= 11 is 0. The summed E-state index contributed by atoms with van der Waals surface area (Å²) in [5.74, 6) is -0.722. The highest BCUT2D eigenvalue weighted by Gasteiger charge is 2.42. The smallest absolute Gasteiger partial charge is 0.180 e. The van der Waals surface area contributed by atoms with Crippen molar-refractivity contribution in [3.63, 3.8) is 0 Å². The normalized spacial score (nSPS) is 20.5. The molecular formula is C26H20N2O3. The fourth-order valence-electron chi connectivity index (χ4n) is 4.30. The average molecular weight is 408 g/mol. The molecular weight excluding hydrogens is 388 g/mol. The van der Waals surface area contributed by atoms with Crippen LogP contribution in [0.25, 0.3) is 0 Å². The molecule has 3 aromatic carbocycles. The second kappa shape index (κ2) is 7.76. The lowest BCUT2D eigenvalue weighted by Gasteiger charge is -2.26. The van der Waals surface area contributed by atoms with Crippen LogP contribution in [-0.2, 0) is 0 Å². The van der Waals surface area contributed by atoms with E-state index < -0.39 is 5.92 Å². The van der Waals surface area contributed by atoms with Gasteiger partial charge in [0.05, 0.1) is 12.8 Å². The second-order valence-electron chi connectivity index (χ2n) is 7.67. The predicted octanol–water partition coefficient (Wildman–Crippen LogP) is 5.57. The number of methoxy groups -OCH3 is 1. The number of hydrogen-bond acceptors (Lipinski definition) is 5. The van der Waals surface area contributed by atoms with Crippen molar-refractivity contribution in [3.05, 3.63) is 113 Å². The van der Waals surface area contributed by atoms with Crippen molar-refractivity contribution in [1.29, 1.82) is 0 Å². The van der Waals surface area contributed by atoms with Crippen molar-refractivity contribution in [2.24, 2.45) is 16.1 Å². The van der Waals surface area contributed by atoms with E-state index in [0.717, 1.165) is 16.9 Å². The standard InChI is InChI=1S/C26H20N2O3/c1-31-18-13-11-17(12-14-18)24-21(16-7-3-2-4-8-16)15-22(27-28-24)23-25(29)19-9-5-6-10-20(19)26(23)30/h2-15,21,23-24H,1H3/t21-,24-/m1/s1. The Morgan fingerprint density at radius 2 is 1.35 bits per heavy atom. The summed E-state index contributed by atoms with van der Waals surface area (Å²) in [5.41, 5.74) is 3.38. The third-order valence-corrected chi connectivity index (χ3v) is 5.91. The lowest BCUT2D eigenvalue weighted by molar-refractivity contribution is 0.0861. The molecule has 2 atom stereocenters. The minimum Gasteiger partial charge on any atom is -0.497 e. The zero-order chi connectivity index (χ0) is 21.4. The van der Waals surface area contributed by atoms with E-state index in [-0.39, 0.29) is 23.5 Å². The number of ether oxygens (including phenoxy) is 1. The predicted molar refractivity (Wildman–Crippen MR) is 116 cm³/mol. The number of carbonyl (C=O) groups excluding carboxylic acids is 2. The molecule has 1 aliphatic heterocycles. The van der Waals surface area contributed by atoms with Gasteiger partial charge in [-0.15, -0.1) is 0 Å². The van der Waals surface area contributed by atoms with Gasteiger partial charge in [-0.1, -0.05) is 66.7 Å². The monoisotopic (exact) mass is 408 g/mol. The number of ketones is 2. The van der Waals surface area contributed by atoms with Crippen LogP contribution in [0.3, 0.4) is 0 Å². The Balaban J connectivity index is 1.55. The van der Waals surface area contributed by atoms with E-state index >= 15 is 0 Å². The van der Waals surface area contributed by atoms with Gasteiger partial charge >= 0.3 is 0 Å². The Labute approximate surface area is 180 Å². The molecule has 0 amide bonds. The van der Waals surface area contributed by atoms with Crippen LogP contribution in [0.2, 0.25) is 0 Å². The lowest BCUT2D eigenvalue weighted by atomic mass is 9.84. The zero-order valence-electron chi connectivity index (χ0n) is 16.9. The molecule has 0 radical (unpaired) electrons. The Kier molecular flexibility index (Phi) is 4.79. The maximum Gasteiger partial charge on any atom is 0.180 e. The van der Waals surface area contributed by atoms with Crippen molar-refractivity contribution in [2.75, 3.05) is 7.11 Å². The average Bonchev–Trinajstić information content (AvgIpc) is 3.09. The van der Waals surface area contributed by atoms with Gasteiger partial charge in [0.25, 0.3) is 0 Å². The summed E-state index contributed by atoms with van der Waals surface area (Å²) in [6.07, 6.45) is 1.93. The van der Waals surface area contributed by atoms with Crippen molar-refractivity contribution in [1.82, 2.24) is 0 Å². The number of fused-ring (bicyclic) bond motifs is 1. The van der Waals surface area contributed by atoms with E-state index in [1.54, 1.807) is 31.4 Å². The summed E-state index contributed by atoms with van der Waals surface area (Å²) in [7, 11) is 1.63. The molecule has 0 fully saturated rings. The second-order valence-corrected chi connectivity index (χ2v) is 7.67. The molecule has 0 unspecified atom stereocenters. The Morgan fingerprint density at radius 3 is 1.97 bits per heavy atom. The maximum atomic E-state index is 13.0.